The van der Waals surface area contributed by atoms with Crippen molar-refractivity contribution >= 4 is 17.6 Å². The lowest BCUT2D eigenvalue weighted by Crippen LogP contribution is -2.24. The summed E-state index contributed by atoms with van der Waals surface area (Å²) in [6, 6.07) is 0. The van der Waals surface area contributed by atoms with Crippen LogP contribution in [0.25, 0.3) is 0 Å². The van der Waals surface area contributed by atoms with E-state index < -0.39 is 11.0 Å². The van der Waals surface area contributed by atoms with E-state index in [0.717, 1.165) is 6.42 Å². The van der Waals surface area contributed by atoms with Crippen LogP contribution in [0.4, 0.5) is 0 Å². The fourth-order valence-electron chi connectivity index (χ4n) is 1.15. The number of hydrogen-bond donors (Lipinski definition) is 0. The molecule has 3 nitrogen and oxygen atoms in total. The molecule has 1 fully saturated rings. The van der Waals surface area contributed by atoms with Gasteiger partial charge in [-0.15, -0.1) is 0 Å². The number of esters is 1. The van der Waals surface area contributed by atoms with Crippen LogP contribution in [0.15, 0.2) is 0 Å². The standard InChI is InChI=1S/C8H13ClO3/c1-4-5(2)6-8(9,12-6)7(10)11-3/h5-6H,4H2,1-3H3. The van der Waals surface area contributed by atoms with Crippen molar-refractivity contribution in [1.82, 2.24) is 0 Å². The number of hydrogen-bond acceptors (Lipinski definition) is 3. The van der Waals surface area contributed by atoms with E-state index in [9.17, 15) is 4.79 Å². The van der Waals surface area contributed by atoms with Crippen molar-refractivity contribution in [2.45, 2.75) is 31.4 Å². The molecule has 0 bridgehead atoms. The first kappa shape index (κ1) is 9.81. The Morgan fingerprint density at radius 2 is 2.42 bits per heavy atom. The van der Waals surface area contributed by atoms with Gasteiger partial charge < -0.3 is 9.47 Å². The Morgan fingerprint density at radius 3 is 2.83 bits per heavy atom. The molecule has 3 unspecified atom stereocenters. The number of halogens is 1. The molecule has 0 aromatic heterocycles. The van der Waals surface area contributed by atoms with Crippen molar-refractivity contribution < 1.29 is 14.3 Å². The largest absolute Gasteiger partial charge is 0.466 e. The highest BCUT2D eigenvalue weighted by Gasteiger charge is 2.64. The summed E-state index contributed by atoms with van der Waals surface area (Å²) in [6.45, 7) is 4.03. The summed E-state index contributed by atoms with van der Waals surface area (Å²) in [5.74, 6) is -0.198. The van der Waals surface area contributed by atoms with Crippen molar-refractivity contribution in [2.75, 3.05) is 7.11 Å². The lowest BCUT2D eigenvalue weighted by atomic mass is 10.0. The fraction of sp³-hybridized carbons (Fsp3) is 0.875. The number of methoxy groups -OCH3 is 1. The van der Waals surface area contributed by atoms with Gasteiger partial charge in [0.25, 0.3) is 5.06 Å². The van der Waals surface area contributed by atoms with Gasteiger partial charge in [-0.2, -0.15) is 0 Å². The first-order valence-electron chi connectivity index (χ1n) is 4.01. The molecule has 0 aromatic carbocycles. The van der Waals surface area contributed by atoms with Crippen LogP contribution in [0.5, 0.6) is 0 Å². The number of rotatable bonds is 3. The van der Waals surface area contributed by atoms with E-state index in [1.165, 1.54) is 7.11 Å². The number of carbonyl (C=O) groups excluding carboxylic acids is 1. The van der Waals surface area contributed by atoms with E-state index in [0.29, 0.717) is 5.92 Å². The molecule has 0 radical (unpaired) electrons. The molecule has 70 valence electrons. The summed E-state index contributed by atoms with van der Waals surface area (Å²) in [6.07, 6.45) is 0.757. The van der Waals surface area contributed by atoms with E-state index in [2.05, 4.69) is 4.74 Å². The maximum absolute atomic E-state index is 11.0. The van der Waals surface area contributed by atoms with E-state index in [-0.39, 0.29) is 6.10 Å². The van der Waals surface area contributed by atoms with E-state index >= 15 is 0 Å². The number of alkyl halides is 1. The Bertz CT molecular complexity index is 195. The molecular formula is C8H13ClO3. The lowest BCUT2D eigenvalue weighted by Gasteiger charge is -2.05. The van der Waals surface area contributed by atoms with Gasteiger partial charge in [0.1, 0.15) is 6.10 Å². The quantitative estimate of drug-likeness (QED) is 0.387. The molecule has 1 aliphatic heterocycles. The van der Waals surface area contributed by atoms with E-state index in [1.54, 1.807) is 0 Å². The van der Waals surface area contributed by atoms with Gasteiger partial charge in [-0.3, -0.25) is 0 Å². The van der Waals surface area contributed by atoms with Crippen LogP contribution in [0, 0.1) is 5.92 Å². The van der Waals surface area contributed by atoms with Crippen molar-refractivity contribution in [3.63, 3.8) is 0 Å². The van der Waals surface area contributed by atoms with Crippen LogP contribution in [0.1, 0.15) is 20.3 Å². The maximum atomic E-state index is 11.0. The molecule has 0 N–H and O–H groups in total. The van der Waals surface area contributed by atoms with Gasteiger partial charge in [-0.1, -0.05) is 31.9 Å². The zero-order valence-electron chi connectivity index (χ0n) is 7.46. The Balaban J connectivity index is 2.53. The van der Waals surface area contributed by atoms with Crippen LogP contribution in [-0.2, 0) is 14.3 Å². The van der Waals surface area contributed by atoms with Gasteiger partial charge in [0.2, 0.25) is 0 Å². The summed E-state index contributed by atoms with van der Waals surface area (Å²) in [4.78, 5) is 11.0. The Kier molecular flexibility index (Phi) is 2.64. The van der Waals surface area contributed by atoms with Crippen LogP contribution in [0.3, 0.4) is 0 Å². The Hall–Kier alpha value is -0.280. The molecule has 0 aliphatic carbocycles. The highest BCUT2D eigenvalue weighted by Crippen LogP contribution is 2.46. The molecular weight excluding hydrogens is 180 g/mol. The number of epoxide rings is 1. The molecule has 0 saturated carbocycles. The molecule has 1 saturated heterocycles. The minimum absolute atomic E-state index is 0.184. The molecule has 0 spiro atoms. The lowest BCUT2D eigenvalue weighted by molar-refractivity contribution is -0.143. The van der Waals surface area contributed by atoms with Crippen LogP contribution in [0.2, 0.25) is 0 Å². The molecule has 0 amide bonds. The van der Waals surface area contributed by atoms with Crippen molar-refractivity contribution in [3.8, 4) is 0 Å². The van der Waals surface area contributed by atoms with Gasteiger partial charge in [-0.05, 0) is 5.92 Å². The van der Waals surface area contributed by atoms with Crippen molar-refractivity contribution in [1.29, 1.82) is 0 Å². The van der Waals surface area contributed by atoms with Gasteiger partial charge in [0, 0.05) is 0 Å². The number of carbonyl (C=O) groups is 1. The minimum atomic E-state index is -1.19. The maximum Gasteiger partial charge on any atom is 0.356 e. The van der Waals surface area contributed by atoms with Gasteiger partial charge in [0.05, 0.1) is 7.11 Å². The summed E-state index contributed by atoms with van der Waals surface area (Å²) in [5, 5.41) is -1.19. The predicted molar refractivity (Wildman–Crippen MR) is 44.9 cm³/mol. The van der Waals surface area contributed by atoms with Crippen LogP contribution >= 0.6 is 11.6 Å². The fourth-order valence-corrected chi connectivity index (χ4v) is 1.54. The first-order valence-corrected chi connectivity index (χ1v) is 4.39. The SMILES string of the molecule is CCC(C)C1OC1(Cl)C(=O)OC. The van der Waals surface area contributed by atoms with Crippen molar-refractivity contribution in [3.05, 3.63) is 0 Å². The van der Waals surface area contributed by atoms with E-state index in [1.807, 2.05) is 13.8 Å². The highest BCUT2D eigenvalue weighted by atomic mass is 35.5. The topological polar surface area (TPSA) is 38.8 Å². The molecule has 0 aromatic rings. The predicted octanol–water partition coefficient (Wildman–Crippen LogP) is 1.54. The summed E-state index contributed by atoms with van der Waals surface area (Å²) in [5.41, 5.74) is 0. The smallest absolute Gasteiger partial charge is 0.356 e. The highest BCUT2D eigenvalue weighted by molar-refractivity contribution is 6.35. The number of ether oxygens (including phenoxy) is 2. The Labute approximate surface area is 77.0 Å². The third-order valence-electron chi connectivity index (χ3n) is 2.23. The Morgan fingerprint density at radius 1 is 1.83 bits per heavy atom. The second kappa shape index (κ2) is 3.23. The molecule has 3 atom stereocenters. The minimum Gasteiger partial charge on any atom is -0.466 e. The second-order valence-corrected chi connectivity index (χ2v) is 3.62. The molecule has 12 heavy (non-hydrogen) atoms. The average Bonchev–Trinajstić information content (AvgIpc) is 2.76. The zero-order chi connectivity index (χ0) is 9.35. The van der Waals surface area contributed by atoms with Crippen LogP contribution < -0.4 is 0 Å². The van der Waals surface area contributed by atoms with Crippen LogP contribution in [-0.4, -0.2) is 24.2 Å². The molecule has 1 rings (SSSR count). The zero-order valence-corrected chi connectivity index (χ0v) is 8.22. The van der Waals surface area contributed by atoms with Gasteiger partial charge >= 0.3 is 5.97 Å². The monoisotopic (exact) mass is 192 g/mol. The third kappa shape index (κ3) is 1.43. The average molecular weight is 193 g/mol. The van der Waals surface area contributed by atoms with Crippen molar-refractivity contribution in [2.24, 2.45) is 5.92 Å². The van der Waals surface area contributed by atoms with E-state index in [4.69, 9.17) is 16.3 Å². The molecule has 4 heteroatoms. The third-order valence-corrected chi connectivity index (χ3v) is 2.69. The van der Waals surface area contributed by atoms with Gasteiger partial charge in [-0.25, -0.2) is 4.79 Å². The summed E-state index contributed by atoms with van der Waals surface area (Å²) >= 11 is 5.84. The van der Waals surface area contributed by atoms with Gasteiger partial charge in [0.15, 0.2) is 0 Å². The molecule has 1 heterocycles. The molecule has 1 aliphatic rings. The second-order valence-electron chi connectivity index (χ2n) is 3.06. The summed E-state index contributed by atoms with van der Waals surface area (Å²) < 4.78 is 9.61. The summed E-state index contributed by atoms with van der Waals surface area (Å²) in [7, 11) is 1.31. The normalized spacial score (nSPS) is 35.8. The first-order chi connectivity index (χ1) is 5.56.